The number of anilines is 3. The number of thioether (sulfide) groups is 1. The fourth-order valence-electron chi connectivity index (χ4n) is 5.28. The number of nitrogens with one attached hydrogen (secondary N) is 1. The van der Waals surface area contributed by atoms with Gasteiger partial charge in [-0.2, -0.15) is 0 Å². The number of halogens is 2. The highest BCUT2D eigenvalue weighted by molar-refractivity contribution is 7.98. The Labute approximate surface area is 205 Å². The van der Waals surface area contributed by atoms with E-state index >= 15 is 0 Å². The molecular weight excluding hydrogens is 452 g/mol. The van der Waals surface area contributed by atoms with Crippen molar-refractivity contribution in [1.29, 1.82) is 0 Å². The maximum Gasteiger partial charge on any atom is 0.257 e. The molecule has 0 aromatic heterocycles. The molecule has 0 atom stereocenters. The summed E-state index contributed by atoms with van der Waals surface area (Å²) < 4.78 is 27.4. The van der Waals surface area contributed by atoms with E-state index in [1.54, 1.807) is 11.8 Å². The summed E-state index contributed by atoms with van der Waals surface area (Å²) >= 11 is 1.59. The van der Waals surface area contributed by atoms with E-state index in [9.17, 15) is 13.6 Å². The number of hydrogen-bond acceptors (Lipinski definition) is 4. The van der Waals surface area contributed by atoms with E-state index in [0.717, 1.165) is 34.9 Å². The van der Waals surface area contributed by atoms with Gasteiger partial charge in [-0.05, 0) is 80.2 Å². The fourth-order valence-corrected chi connectivity index (χ4v) is 5.88. The van der Waals surface area contributed by atoms with Crippen molar-refractivity contribution in [2.24, 2.45) is 5.41 Å². The van der Waals surface area contributed by atoms with Crippen molar-refractivity contribution < 1.29 is 13.6 Å². The van der Waals surface area contributed by atoms with E-state index in [4.69, 9.17) is 0 Å². The first kappa shape index (κ1) is 23.5. The number of rotatable bonds is 5. The second-order valence-corrected chi connectivity index (χ2v) is 11.0. The minimum Gasteiger partial charge on any atom is -0.371 e. The Bertz CT molecular complexity index is 1070. The molecule has 7 heteroatoms. The van der Waals surface area contributed by atoms with Gasteiger partial charge in [0.1, 0.15) is 0 Å². The molecule has 2 aliphatic heterocycles. The van der Waals surface area contributed by atoms with Crippen molar-refractivity contribution in [2.45, 2.75) is 56.3 Å². The van der Waals surface area contributed by atoms with Crippen LogP contribution >= 0.6 is 11.8 Å². The first-order valence-electron chi connectivity index (χ1n) is 12.3. The van der Waals surface area contributed by atoms with Crippen LogP contribution < -0.4 is 15.1 Å². The lowest BCUT2D eigenvalue weighted by Crippen LogP contribution is -2.39. The zero-order chi connectivity index (χ0) is 23.9. The van der Waals surface area contributed by atoms with Crippen LogP contribution in [0.2, 0.25) is 0 Å². The van der Waals surface area contributed by atoms with E-state index in [1.807, 2.05) is 41.5 Å². The van der Waals surface area contributed by atoms with Gasteiger partial charge in [-0.15, -0.1) is 11.8 Å². The van der Waals surface area contributed by atoms with Crippen molar-refractivity contribution in [3.8, 4) is 0 Å². The van der Waals surface area contributed by atoms with Crippen molar-refractivity contribution in [2.75, 3.05) is 47.6 Å². The number of benzene rings is 2. The van der Waals surface area contributed by atoms with Crippen molar-refractivity contribution in [1.82, 2.24) is 0 Å². The predicted molar refractivity (Wildman–Crippen MR) is 137 cm³/mol. The largest absolute Gasteiger partial charge is 0.371 e. The molecule has 1 amide bonds. The van der Waals surface area contributed by atoms with Gasteiger partial charge in [0.2, 0.25) is 0 Å². The number of aryl methyl sites for hydroxylation is 1. The lowest BCUT2D eigenvalue weighted by molar-refractivity contribution is -0.0221. The van der Waals surface area contributed by atoms with E-state index in [1.165, 1.54) is 25.7 Å². The Kier molecular flexibility index (Phi) is 6.25. The summed E-state index contributed by atoms with van der Waals surface area (Å²) in [6, 6.07) is 11.8. The minimum atomic E-state index is -2.59. The van der Waals surface area contributed by atoms with E-state index in [2.05, 4.69) is 23.2 Å². The highest BCUT2D eigenvalue weighted by atomic mass is 32.2. The minimum absolute atomic E-state index is 0.130. The van der Waals surface area contributed by atoms with Gasteiger partial charge < -0.3 is 15.1 Å². The van der Waals surface area contributed by atoms with Gasteiger partial charge in [-0.1, -0.05) is 6.07 Å². The quantitative estimate of drug-likeness (QED) is 0.485. The molecule has 2 heterocycles. The van der Waals surface area contributed by atoms with Crippen LogP contribution in [0.3, 0.4) is 0 Å². The summed E-state index contributed by atoms with van der Waals surface area (Å²) in [6.45, 7) is 4.69. The van der Waals surface area contributed by atoms with Crippen LogP contribution in [-0.4, -0.2) is 44.3 Å². The summed E-state index contributed by atoms with van der Waals surface area (Å²) in [7, 11) is 0. The summed E-state index contributed by atoms with van der Waals surface area (Å²) in [5.41, 5.74) is 5.02. The molecule has 1 spiro atoms. The average molecular weight is 486 g/mol. The van der Waals surface area contributed by atoms with Gasteiger partial charge in [0, 0.05) is 55.3 Å². The number of carbonyl (C=O) groups excluding carboxylic acids is 1. The molecule has 1 saturated carbocycles. The molecule has 0 unspecified atom stereocenters. The summed E-state index contributed by atoms with van der Waals surface area (Å²) in [5, 5.41) is 3.08. The maximum atomic E-state index is 13.7. The maximum absolute atomic E-state index is 13.7. The number of alkyl halides is 2. The molecule has 0 radical (unpaired) electrons. The summed E-state index contributed by atoms with van der Waals surface area (Å²) in [5.74, 6) is -2.72. The Morgan fingerprint density at radius 2 is 1.53 bits per heavy atom. The smallest absolute Gasteiger partial charge is 0.257 e. The van der Waals surface area contributed by atoms with Gasteiger partial charge in [0.25, 0.3) is 11.8 Å². The molecule has 5 rings (SSSR count). The zero-order valence-electron chi connectivity index (χ0n) is 20.0. The molecule has 2 saturated heterocycles. The highest BCUT2D eigenvalue weighted by Crippen LogP contribution is 2.54. The van der Waals surface area contributed by atoms with E-state index in [0.29, 0.717) is 29.8 Å². The molecule has 2 aromatic rings. The first-order valence-corrected chi connectivity index (χ1v) is 13.5. The Morgan fingerprint density at radius 3 is 2.18 bits per heavy atom. The number of nitrogens with zero attached hydrogens (tertiary/aromatic N) is 2. The summed E-state index contributed by atoms with van der Waals surface area (Å²) in [4.78, 5) is 18.8. The third-order valence-electron chi connectivity index (χ3n) is 7.79. The third-order valence-corrected chi connectivity index (χ3v) is 8.58. The van der Waals surface area contributed by atoms with Gasteiger partial charge in [0.05, 0.1) is 11.3 Å². The normalized spacial score (nSPS) is 20.9. The Balaban J connectivity index is 1.35. The highest BCUT2D eigenvalue weighted by Gasteiger charge is 2.44. The standard InChI is InChI=1S/C27H33F2N3OS/c1-19-3-5-21(22(17-19)31-13-9-26(7-8-26)10-14-31)25(33)30-20-4-6-24(34-2)23(18-20)32-15-11-27(28,29)12-16-32/h3-6,17-18H,7-16H2,1-2H3,(H,30,33). The van der Waals surface area contributed by atoms with Crippen LogP contribution in [0, 0.1) is 12.3 Å². The second kappa shape index (κ2) is 9.06. The van der Waals surface area contributed by atoms with Gasteiger partial charge >= 0.3 is 0 Å². The van der Waals surface area contributed by atoms with Gasteiger partial charge in [-0.3, -0.25) is 4.79 Å². The van der Waals surface area contributed by atoms with Crippen LogP contribution in [0.1, 0.15) is 54.4 Å². The number of piperidine rings is 2. The van der Waals surface area contributed by atoms with Crippen LogP contribution in [0.15, 0.2) is 41.3 Å². The Morgan fingerprint density at radius 1 is 0.882 bits per heavy atom. The molecule has 3 fully saturated rings. The van der Waals surface area contributed by atoms with E-state index < -0.39 is 5.92 Å². The molecule has 34 heavy (non-hydrogen) atoms. The summed E-state index contributed by atoms with van der Waals surface area (Å²) in [6.07, 6.45) is 6.82. The van der Waals surface area contributed by atoms with Crippen LogP contribution in [0.4, 0.5) is 25.8 Å². The van der Waals surface area contributed by atoms with Crippen molar-refractivity contribution in [3.63, 3.8) is 0 Å². The lowest BCUT2D eigenvalue weighted by Gasteiger charge is -2.35. The van der Waals surface area contributed by atoms with Crippen molar-refractivity contribution >= 4 is 34.7 Å². The number of carbonyl (C=O) groups is 1. The topological polar surface area (TPSA) is 35.6 Å². The third kappa shape index (κ3) is 4.90. The Hall–Kier alpha value is -2.28. The van der Waals surface area contributed by atoms with Crippen LogP contribution in [0.5, 0.6) is 0 Å². The fraction of sp³-hybridized carbons (Fsp3) is 0.519. The van der Waals surface area contributed by atoms with Crippen molar-refractivity contribution in [3.05, 3.63) is 47.5 Å². The molecule has 1 N–H and O–H groups in total. The zero-order valence-corrected chi connectivity index (χ0v) is 20.8. The monoisotopic (exact) mass is 485 g/mol. The molecule has 3 aliphatic rings. The molecule has 182 valence electrons. The first-order chi connectivity index (χ1) is 16.3. The SMILES string of the molecule is CSc1ccc(NC(=O)c2ccc(C)cc2N2CCC3(CC2)CC3)cc1N1CCC(F)(F)CC1. The van der Waals surface area contributed by atoms with Crippen LogP contribution in [-0.2, 0) is 0 Å². The average Bonchev–Trinajstić information content (AvgIpc) is 3.58. The molecule has 2 aromatic carbocycles. The van der Waals surface area contributed by atoms with Gasteiger partial charge in [-0.25, -0.2) is 8.78 Å². The predicted octanol–water partition coefficient (Wildman–Crippen LogP) is 6.59. The molecular formula is C27H33F2N3OS. The number of hydrogen-bond donors (Lipinski definition) is 1. The van der Waals surface area contributed by atoms with Gasteiger partial charge in [0.15, 0.2) is 0 Å². The molecule has 1 aliphatic carbocycles. The molecule has 4 nitrogen and oxygen atoms in total. The lowest BCUT2D eigenvalue weighted by atomic mass is 9.92. The van der Waals surface area contributed by atoms with E-state index in [-0.39, 0.29) is 18.7 Å². The van der Waals surface area contributed by atoms with Crippen LogP contribution in [0.25, 0.3) is 0 Å². The molecule has 0 bridgehead atoms. The number of amides is 1. The second-order valence-electron chi connectivity index (χ2n) is 10.2.